The molecule has 0 atom stereocenters. The zero-order valence-corrected chi connectivity index (χ0v) is 15.2. The number of amides is 1. The summed E-state index contributed by atoms with van der Waals surface area (Å²) >= 11 is 0. The first kappa shape index (κ1) is 18.9. The fraction of sp³-hybridized carbons (Fsp3) is 0.250. The molecule has 1 amide bonds. The van der Waals surface area contributed by atoms with E-state index in [0.717, 1.165) is 12.8 Å². The van der Waals surface area contributed by atoms with Crippen LogP contribution in [-0.4, -0.2) is 22.7 Å². The van der Waals surface area contributed by atoms with E-state index in [4.69, 9.17) is 9.26 Å². The van der Waals surface area contributed by atoms with Gasteiger partial charge < -0.3 is 19.3 Å². The lowest BCUT2D eigenvalue weighted by molar-refractivity contribution is -0.0498. The first-order valence-electron chi connectivity index (χ1n) is 8.98. The zero-order valence-electron chi connectivity index (χ0n) is 15.2. The minimum absolute atomic E-state index is 0.0103. The molecule has 3 aromatic rings. The second-order valence-corrected chi connectivity index (χ2v) is 6.49. The van der Waals surface area contributed by atoms with Gasteiger partial charge in [-0.2, -0.15) is 13.8 Å². The van der Waals surface area contributed by atoms with E-state index in [0.29, 0.717) is 34.6 Å². The molecule has 0 bridgehead atoms. The minimum Gasteiger partial charge on any atom is -0.485 e. The van der Waals surface area contributed by atoms with Crippen LogP contribution in [0.1, 0.15) is 40.8 Å². The molecule has 1 aliphatic carbocycles. The van der Waals surface area contributed by atoms with Crippen molar-refractivity contribution in [1.29, 1.82) is 0 Å². The van der Waals surface area contributed by atoms with Crippen molar-refractivity contribution in [2.75, 3.05) is 5.32 Å². The number of ether oxygens (including phenoxy) is 2. The highest BCUT2D eigenvalue weighted by atomic mass is 19.3. The molecule has 1 aromatic heterocycles. The van der Waals surface area contributed by atoms with Gasteiger partial charge >= 0.3 is 6.61 Å². The largest absolute Gasteiger partial charge is 0.485 e. The van der Waals surface area contributed by atoms with Crippen molar-refractivity contribution >= 4 is 11.6 Å². The maximum absolute atomic E-state index is 12.2. The molecule has 1 aliphatic rings. The summed E-state index contributed by atoms with van der Waals surface area (Å²) in [6.45, 7) is -2.72. The topological polar surface area (TPSA) is 86.5 Å². The minimum atomic E-state index is -2.91. The van der Waals surface area contributed by atoms with Crippen LogP contribution in [0.5, 0.6) is 11.5 Å². The van der Waals surface area contributed by atoms with Crippen molar-refractivity contribution in [1.82, 2.24) is 10.1 Å². The molecule has 0 aliphatic heterocycles. The number of hydrogen-bond acceptors (Lipinski definition) is 6. The van der Waals surface area contributed by atoms with Gasteiger partial charge in [-0.05, 0) is 61.4 Å². The average Bonchev–Trinajstić information content (AvgIpc) is 3.46. The molecule has 150 valence electrons. The standard InChI is InChI=1S/C20H17F2N3O4/c21-20(22)28-16-7-3-12(4-8-16)18(26)23-14-5-9-15(10-6-14)27-11-17-24-19(29-25-17)13-1-2-13/h3-10,13,20H,1-2,11H2,(H,23,26). The van der Waals surface area contributed by atoms with Gasteiger partial charge in [-0.3, -0.25) is 4.79 Å². The molecule has 0 spiro atoms. The second-order valence-electron chi connectivity index (χ2n) is 6.49. The van der Waals surface area contributed by atoms with Crippen LogP contribution in [-0.2, 0) is 6.61 Å². The van der Waals surface area contributed by atoms with Gasteiger partial charge in [0.05, 0.1) is 0 Å². The fourth-order valence-electron chi connectivity index (χ4n) is 2.60. The van der Waals surface area contributed by atoms with Gasteiger partial charge in [0.15, 0.2) is 6.61 Å². The number of anilines is 1. The molecule has 2 aromatic carbocycles. The Bertz CT molecular complexity index is 970. The Hall–Kier alpha value is -3.49. The fourth-order valence-corrected chi connectivity index (χ4v) is 2.60. The van der Waals surface area contributed by atoms with E-state index in [1.54, 1.807) is 24.3 Å². The molecule has 1 N–H and O–H groups in total. The van der Waals surface area contributed by atoms with Crippen LogP contribution in [0.2, 0.25) is 0 Å². The van der Waals surface area contributed by atoms with Gasteiger partial charge in [-0.15, -0.1) is 0 Å². The van der Waals surface area contributed by atoms with Gasteiger partial charge in [-0.25, -0.2) is 0 Å². The monoisotopic (exact) mass is 401 g/mol. The summed E-state index contributed by atoms with van der Waals surface area (Å²) < 4.78 is 39.4. The molecule has 1 heterocycles. The molecule has 7 nitrogen and oxygen atoms in total. The van der Waals surface area contributed by atoms with Crippen LogP contribution in [0, 0.1) is 0 Å². The van der Waals surface area contributed by atoms with Crippen molar-refractivity contribution < 1.29 is 27.6 Å². The van der Waals surface area contributed by atoms with Crippen LogP contribution < -0.4 is 14.8 Å². The maximum atomic E-state index is 12.2. The Morgan fingerprint density at radius 2 is 1.79 bits per heavy atom. The molecule has 0 saturated heterocycles. The molecule has 0 radical (unpaired) electrons. The number of rotatable bonds is 8. The Labute approximate surface area is 164 Å². The highest BCUT2D eigenvalue weighted by Gasteiger charge is 2.29. The molecule has 1 saturated carbocycles. The summed E-state index contributed by atoms with van der Waals surface area (Å²) in [4.78, 5) is 16.5. The predicted octanol–water partition coefficient (Wildman–Crippen LogP) is 4.38. The van der Waals surface area contributed by atoms with E-state index in [2.05, 4.69) is 20.2 Å². The summed E-state index contributed by atoms with van der Waals surface area (Å²) in [6, 6.07) is 12.2. The van der Waals surface area contributed by atoms with E-state index < -0.39 is 6.61 Å². The van der Waals surface area contributed by atoms with Crippen LogP contribution >= 0.6 is 0 Å². The lowest BCUT2D eigenvalue weighted by atomic mass is 10.2. The number of carbonyl (C=O) groups is 1. The molecular formula is C20H17F2N3O4. The van der Waals surface area contributed by atoms with Crippen LogP contribution in [0.3, 0.4) is 0 Å². The van der Waals surface area contributed by atoms with E-state index in [1.165, 1.54) is 24.3 Å². The Morgan fingerprint density at radius 3 is 2.45 bits per heavy atom. The first-order valence-corrected chi connectivity index (χ1v) is 8.98. The van der Waals surface area contributed by atoms with Crippen molar-refractivity contribution in [3.63, 3.8) is 0 Å². The average molecular weight is 401 g/mol. The highest BCUT2D eigenvalue weighted by molar-refractivity contribution is 6.04. The van der Waals surface area contributed by atoms with Crippen LogP contribution in [0.15, 0.2) is 53.1 Å². The van der Waals surface area contributed by atoms with Gasteiger partial charge in [-0.1, -0.05) is 5.16 Å². The number of nitrogens with one attached hydrogen (secondary N) is 1. The van der Waals surface area contributed by atoms with Crippen molar-refractivity contribution in [2.24, 2.45) is 0 Å². The number of aromatic nitrogens is 2. The normalized spacial score (nSPS) is 13.3. The van der Waals surface area contributed by atoms with Crippen molar-refractivity contribution in [2.45, 2.75) is 32.0 Å². The Balaban J connectivity index is 1.29. The number of benzene rings is 2. The quantitative estimate of drug-likeness (QED) is 0.603. The zero-order chi connectivity index (χ0) is 20.2. The van der Waals surface area contributed by atoms with Crippen LogP contribution in [0.4, 0.5) is 14.5 Å². The number of halogens is 2. The summed E-state index contributed by atoms with van der Waals surface area (Å²) in [5, 5.41) is 6.61. The molecule has 1 fully saturated rings. The van der Waals surface area contributed by atoms with Crippen molar-refractivity contribution in [3.05, 3.63) is 65.8 Å². The summed E-state index contributed by atoms with van der Waals surface area (Å²) in [6.07, 6.45) is 2.17. The number of nitrogens with zero attached hydrogens (tertiary/aromatic N) is 2. The van der Waals surface area contributed by atoms with Gasteiger partial charge in [0.25, 0.3) is 5.91 Å². The Morgan fingerprint density at radius 1 is 1.10 bits per heavy atom. The summed E-state index contributed by atoms with van der Waals surface area (Å²) in [5.74, 6) is 1.76. The number of alkyl halides is 2. The van der Waals surface area contributed by atoms with E-state index in [1.807, 2.05) is 0 Å². The van der Waals surface area contributed by atoms with Crippen LogP contribution in [0.25, 0.3) is 0 Å². The maximum Gasteiger partial charge on any atom is 0.387 e. The smallest absolute Gasteiger partial charge is 0.387 e. The molecule has 29 heavy (non-hydrogen) atoms. The van der Waals surface area contributed by atoms with Gasteiger partial charge in [0.1, 0.15) is 11.5 Å². The lowest BCUT2D eigenvalue weighted by Gasteiger charge is -2.08. The van der Waals surface area contributed by atoms with Gasteiger partial charge in [0.2, 0.25) is 11.7 Å². The Kier molecular flexibility index (Phi) is 5.37. The second kappa shape index (κ2) is 8.26. The molecular weight excluding hydrogens is 384 g/mol. The molecule has 9 heteroatoms. The number of hydrogen-bond donors (Lipinski definition) is 1. The summed E-state index contributed by atoms with van der Waals surface area (Å²) in [5.41, 5.74) is 0.876. The van der Waals surface area contributed by atoms with Gasteiger partial charge in [0, 0.05) is 17.2 Å². The molecule has 4 rings (SSSR count). The third-order valence-corrected chi connectivity index (χ3v) is 4.23. The predicted molar refractivity (Wildman–Crippen MR) is 98.1 cm³/mol. The van der Waals surface area contributed by atoms with Crippen molar-refractivity contribution in [3.8, 4) is 11.5 Å². The number of carbonyl (C=O) groups excluding carboxylic acids is 1. The summed E-state index contributed by atoms with van der Waals surface area (Å²) in [7, 11) is 0. The third kappa shape index (κ3) is 5.07. The van der Waals surface area contributed by atoms with E-state index in [-0.39, 0.29) is 18.3 Å². The third-order valence-electron chi connectivity index (χ3n) is 4.23. The van der Waals surface area contributed by atoms with E-state index in [9.17, 15) is 13.6 Å². The highest BCUT2D eigenvalue weighted by Crippen LogP contribution is 2.38. The molecule has 0 unspecified atom stereocenters. The lowest BCUT2D eigenvalue weighted by Crippen LogP contribution is -2.12. The van der Waals surface area contributed by atoms with E-state index >= 15 is 0 Å². The SMILES string of the molecule is O=C(Nc1ccc(OCc2noc(C3CC3)n2)cc1)c1ccc(OC(F)F)cc1. The first-order chi connectivity index (χ1) is 14.1.